The third-order valence-corrected chi connectivity index (χ3v) is 4.66. The molecule has 2 aromatic carbocycles. The number of halogens is 1. The zero-order chi connectivity index (χ0) is 16.6. The third-order valence-electron chi connectivity index (χ3n) is 4.00. The van der Waals surface area contributed by atoms with Crippen molar-refractivity contribution >= 4 is 39.1 Å². The first-order valence-electron chi connectivity index (χ1n) is 7.42. The number of nitrogens with zero attached hydrogens (tertiary/aromatic N) is 1. The Bertz CT molecular complexity index is 788. The summed E-state index contributed by atoms with van der Waals surface area (Å²) in [4.78, 5) is 26.3. The van der Waals surface area contributed by atoms with E-state index in [0.717, 1.165) is 21.3 Å². The fourth-order valence-electron chi connectivity index (χ4n) is 2.92. The molecule has 0 fully saturated rings. The molecule has 1 atom stereocenters. The van der Waals surface area contributed by atoms with Gasteiger partial charge in [-0.2, -0.15) is 0 Å². The van der Waals surface area contributed by atoms with Crippen LogP contribution >= 0.6 is 15.9 Å². The molecule has 5 heteroatoms. The number of anilines is 2. The zero-order valence-corrected chi connectivity index (χ0v) is 14.6. The summed E-state index contributed by atoms with van der Waals surface area (Å²) in [7, 11) is 0. The van der Waals surface area contributed by atoms with E-state index < -0.39 is 6.04 Å². The number of hydrogen-bond donors (Lipinski definition) is 1. The number of nitrogens with one attached hydrogen (secondary N) is 1. The molecular weight excluding hydrogens is 356 g/mol. The van der Waals surface area contributed by atoms with Crippen LogP contribution in [0.15, 0.2) is 46.9 Å². The van der Waals surface area contributed by atoms with E-state index in [1.165, 1.54) is 6.92 Å². The summed E-state index contributed by atoms with van der Waals surface area (Å²) >= 11 is 3.46. The molecule has 0 aliphatic carbocycles. The predicted octanol–water partition coefficient (Wildman–Crippen LogP) is 3.67. The van der Waals surface area contributed by atoms with E-state index in [1.54, 1.807) is 4.90 Å². The van der Waals surface area contributed by atoms with Gasteiger partial charge >= 0.3 is 0 Å². The average Bonchev–Trinajstić information content (AvgIpc) is 2.89. The Labute approximate surface area is 143 Å². The van der Waals surface area contributed by atoms with Crippen molar-refractivity contribution in [3.8, 4) is 0 Å². The molecule has 3 rings (SSSR count). The van der Waals surface area contributed by atoms with Gasteiger partial charge in [0.15, 0.2) is 0 Å². The molecule has 118 valence electrons. The van der Waals surface area contributed by atoms with Gasteiger partial charge in [0.05, 0.1) is 5.69 Å². The SMILES string of the molecule is CC(=O)N1c2ccccc2C[C@H]1C(=O)Nc1ccc(C)cc1Br. The molecule has 2 aromatic rings. The van der Waals surface area contributed by atoms with E-state index in [2.05, 4.69) is 21.2 Å². The third kappa shape index (κ3) is 3.01. The van der Waals surface area contributed by atoms with Gasteiger partial charge in [0.2, 0.25) is 11.8 Å². The lowest BCUT2D eigenvalue weighted by atomic mass is 10.1. The average molecular weight is 373 g/mol. The summed E-state index contributed by atoms with van der Waals surface area (Å²) in [5, 5.41) is 2.92. The van der Waals surface area contributed by atoms with Gasteiger partial charge in [-0.25, -0.2) is 0 Å². The number of carbonyl (C=O) groups excluding carboxylic acids is 2. The minimum Gasteiger partial charge on any atom is -0.323 e. The Morgan fingerprint density at radius 1 is 1.22 bits per heavy atom. The summed E-state index contributed by atoms with van der Waals surface area (Å²) in [6.45, 7) is 3.48. The maximum absolute atomic E-state index is 12.7. The molecule has 1 N–H and O–H groups in total. The predicted molar refractivity (Wildman–Crippen MR) is 94.6 cm³/mol. The van der Waals surface area contributed by atoms with E-state index in [-0.39, 0.29) is 11.8 Å². The van der Waals surface area contributed by atoms with Crippen LogP contribution in [0.5, 0.6) is 0 Å². The number of hydrogen-bond acceptors (Lipinski definition) is 2. The lowest BCUT2D eigenvalue weighted by Crippen LogP contribution is -2.44. The normalized spacial score (nSPS) is 16.1. The van der Waals surface area contributed by atoms with Crippen LogP contribution < -0.4 is 10.2 Å². The number of benzene rings is 2. The van der Waals surface area contributed by atoms with E-state index in [0.29, 0.717) is 12.1 Å². The second-order valence-corrected chi connectivity index (χ2v) is 6.56. The molecule has 1 heterocycles. The summed E-state index contributed by atoms with van der Waals surface area (Å²) in [6, 6.07) is 12.9. The largest absolute Gasteiger partial charge is 0.323 e. The van der Waals surface area contributed by atoms with Gasteiger partial charge in [-0.05, 0) is 52.2 Å². The first-order chi connectivity index (χ1) is 11.0. The maximum Gasteiger partial charge on any atom is 0.247 e. The molecule has 0 aromatic heterocycles. The van der Waals surface area contributed by atoms with Gasteiger partial charge < -0.3 is 5.32 Å². The van der Waals surface area contributed by atoms with E-state index in [4.69, 9.17) is 0 Å². The molecule has 0 saturated heterocycles. The molecule has 0 radical (unpaired) electrons. The first kappa shape index (κ1) is 15.7. The van der Waals surface area contributed by atoms with Crippen LogP contribution in [0.25, 0.3) is 0 Å². The van der Waals surface area contributed by atoms with E-state index in [9.17, 15) is 9.59 Å². The summed E-state index contributed by atoms with van der Waals surface area (Å²) < 4.78 is 0.829. The quantitative estimate of drug-likeness (QED) is 0.873. The minimum atomic E-state index is -0.516. The topological polar surface area (TPSA) is 49.4 Å². The van der Waals surface area contributed by atoms with E-state index in [1.807, 2.05) is 49.4 Å². The Kier molecular flexibility index (Phi) is 4.22. The number of amides is 2. The molecule has 2 amide bonds. The van der Waals surface area contributed by atoms with Crippen molar-refractivity contribution < 1.29 is 9.59 Å². The second kappa shape index (κ2) is 6.16. The van der Waals surface area contributed by atoms with Gasteiger partial charge in [0.1, 0.15) is 6.04 Å². The molecule has 0 bridgehead atoms. The molecule has 4 nitrogen and oxygen atoms in total. The maximum atomic E-state index is 12.7. The Hall–Kier alpha value is -2.14. The van der Waals surface area contributed by atoms with Gasteiger partial charge in [-0.1, -0.05) is 24.3 Å². The smallest absolute Gasteiger partial charge is 0.247 e. The van der Waals surface area contributed by atoms with Crippen molar-refractivity contribution in [3.05, 3.63) is 58.1 Å². The van der Waals surface area contributed by atoms with Crippen molar-refractivity contribution in [1.82, 2.24) is 0 Å². The van der Waals surface area contributed by atoms with Crippen LogP contribution in [0.2, 0.25) is 0 Å². The minimum absolute atomic E-state index is 0.127. The Morgan fingerprint density at radius 3 is 2.65 bits per heavy atom. The highest BCUT2D eigenvalue weighted by atomic mass is 79.9. The van der Waals surface area contributed by atoms with Crippen LogP contribution in [-0.4, -0.2) is 17.9 Å². The second-order valence-electron chi connectivity index (χ2n) is 5.71. The highest BCUT2D eigenvalue weighted by molar-refractivity contribution is 9.10. The molecule has 1 aliphatic rings. The number of para-hydroxylation sites is 1. The molecule has 0 saturated carbocycles. The van der Waals surface area contributed by atoms with Crippen LogP contribution in [0.3, 0.4) is 0 Å². The van der Waals surface area contributed by atoms with Crippen molar-refractivity contribution in [2.75, 3.05) is 10.2 Å². The summed E-state index contributed by atoms with van der Waals surface area (Å²) in [5.41, 5.74) is 3.66. The van der Waals surface area contributed by atoms with Crippen LogP contribution in [0.1, 0.15) is 18.1 Å². The van der Waals surface area contributed by atoms with Crippen LogP contribution in [-0.2, 0) is 16.0 Å². The number of rotatable bonds is 2. The highest BCUT2D eigenvalue weighted by Gasteiger charge is 2.36. The van der Waals surface area contributed by atoms with Gasteiger partial charge in [-0.3, -0.25) is 14.5 Å². The van der Waals surface area contributed by atoms with Crippen molar-refractivity contribution in [3.63, 3.8) is 0 Å². The molecule has 23 heavy (non-hydrogen) atoms. The number of aryl methyl sites for hydroxylation is 1. The summed E-state index contributed by atoms with van der Waals surface area (Å²) in [5.74, 6) is -0.306. The van der Waals surface area contributed by atoms with Crippen molar-refractivity contribution in [1.29, 1.82) is 0 Å². The Balaban J connectivity index is 1.86. The first-order valence-corrected chi connectivity index (χ1v) is 8.21. The monoisotopic (exact) mass is 372 g/mol. The van der Waals surface area contributed by atoms with Crippen LogP contribution in [0.4, 0.5) is 11.4 Å². The molecular formula is C18H17BrN2O2. The van der Waals surface area contributed by atoms with Crippen molar-refractivity contribution in [2.45, 2.75) is 26.3 Å². The molecule has 0 spiro atoms. The fraction of sp³-hybridized carbons (Fsp3) is 0.222. The Morgan fingerprint density at radius 2 is 1.96 bits per heavy atom. The van der Waals surface area contributed by atoms with Crippen molar-refractivity contribution in [2.24, 2.45) is 0 Å². The standard InChI is InChI=1S/C18H17BrN2O2/c1-11-7-8-15(14(19)9-11)20-18(23)17-10-13-5-3-4-6-16(13)21(17)12(2)22/h3-9,17H,10H2,1-2H3,(H,20,23)/t17-/m0/s1. The highest BCUT2D eigenvalue weighted by Crippen LogP contribution is 2.33. The lowest BCUT2D eigenvalue weighted by molar-refractivity contribution is -0.122. The molecule has 0 unspecified atom stereocenters. The van der Waals surface area contributed by atoms with Crippen LogP contribution in [0, 0.1) is 6.92 Å². The van der Waals surface area contributed by atoms with Gasteiger partial charge in [0, 0.05) is 23.5 Å². The van der Waals surface area contributed by atoms with Gasteiger partial charge in [0.25, 0.3) is 0 Å². The number of fused-ring (bicyclic) bond motifs is 1. The number of carbonyl (C=O) groups is 2. The van der Waals surface area contributed by atoms with E-state index >= 15 is 0 Å². The summed E-state index contributed by atoms with van der Waals surface area (Å²) in [6.07, 6.45) is 0.533. The van der Waals surface area contributed by atoms with Gasteiger partial charge in [-0.15, -0.1) is 0 Å². The molecule has 1 aliphatic heterocycles. The zero-order valence-electron chi connectivity index (χ0n) is 13.0. The lowest BCUT2D eigenvalue weighted by Gasteiger charge is -2.23. The fourth-order valence-corrected chi connectivity index (χ4v) is 3.51.